The molecule has 0 aliphatic carbocycles. The molecule has 0 saturated carbocycles. The molecule has 0 radical (unpaired) electrons. The van der Waals surface area contributed by atoms with Crippen LogP contribution in [0.3, 0.4) is 0 Å². The van der Waals surface area contributed by atoms with Crippen LogP contribution in [0.2, 0.25) is 5.02 Å². The molecule has 0 spiro atoms. The summed E-state index contributed by atoms with van der Waals surface area (Å²) in [6.07, 6.45) is -0.217. The molecule has 0 aliphatic rings. The van der Waals surface area contributed by atoms with Gasteiger partial charge in [-0.3, -0.25) is 9.59 Å². The molecule has 8 heteroatoms. The zero-order valence-corrected chi connectivity index (χ0v) is 12.6. The summed E-state index contributed by atoms with van der Waals surface area (Å²) >= 11 is 9.12. The molecule has 1 aromatic rings. The van der Waals surface area contributed by atoms with Gasteiger partial charge in [0.2, 0.25) is 5.91 Å². The smallest absolute Gasteiger partial charge is 0.326 e. The van der Waals surface area contributed by atoms with Crippen molar-refractivity contribution in [2.24, 2.45) is 5.73 Å². The molecule has 0 bridgehead atoms. The average molecular weight is 364 g/mol. The van der Waals surface area contributed by atoms with Crippen molar-refractivity contribution in [2.75, 3.05) is 0 Å². The number of hydrogen-bond acceptors (Lipinski definition) is 3. The minimum absolute atomic E-state index is 0.0813. The normalized spacial score (nSPS) is 11.7. The van der Waals surface area contributed by atoms with Gasteiger partial charge in [-0.05, 0) is 34.5 Å². The lowest BCUT2D eigenvalue weighted by Crippen LogP contribution is -2.41. The van der Waals surface area contributed by atoms with Crippen LogP contribution in [0.25, 0.3) is 0 Å². The Kier molecular flexibility index (Phi) is 5.97. The first kappa shape index (κ1) is 16.5. The van der Waals surface area contributed by atoms with Crippen molar-refractivity contribution in [1.82, 2.24) is 5.32 Å². The topological polar surface area (TPSA) is 109 Å². The molecule has 20 heavy (non-hydrogen) atoms. The summed E-state index contributed by atoms with van der Waals surface area (Å²) in [6, 6.07) is 3.52. The Labute approximate surface area is 128 Å². The second kappa shape index (κ2) is 7.25. The van der Waals surface area contributed by atoms with Gasteiger partial charge in [-0.15, -0.1) is 0 Å². The molecule has 4 N–H and O–H groups in total. The van der Waals surface area contributed by atoms with E-state index in [0.29, 0.717) is 4.47 Å². The van der Waals surface area contributed by atoms with Crippen molar-refractivity contribution in [3.63, 3.8) is 0 Å². The summed E-state index contributed by atoms with van der Waals surface area (Å²) in [4.78, 5) is 33.7. The molecule has 6 nitrogen and oxygen atoms in total. The number of nitrogens with one attached hydrogen (secondary N) is 1. The van der Waals surface area contributed by atoms with Gasteiger partial charge in [0.05, 0.1) is 10.6 Å². The van der Waals surface area contributed by atoms with E-state index in [9.17, 15) is 14.4 Å². The van der Waals surface area contributed by atoms with Gasteiger partial charge in [0, 0.05) is 10.9 Å². The van der Waals surface area contributed by atoms with Crippen LogP contribution in [0.5, 0.6) is 0 Å². The molecular weight excluding hydrogens is 351 g/mol. The monoisotopic (exact) mass is 362 g/mol. The van der Waals surface area contributed by atoms with Crippen LogP contribution in [0, 0.1) is 0 Å². The minimum Gasteiger partial charge on any atom is -0.480 e. The van der Waals surface area contributed by atoms with E-state index < -0.39 is 23.8 Å². The van der Waals surface area contributed by atoms with Crippen LogP contribution in [0.4, 0.5) is 0 Å². The maximum Gasteiger partial charge on any atom is 0.326 e. The number of primary amides is 1. The van der Waals surface area contributed by atoms with Gasteiger partial charge < -0.3 is 16.2 Å². The van der Waals surface area contributed by atoms with Crippen molar-refractivity contribution < 1.29 is 19.5 Å². The van der Waals surface area contributed by atoms with E-state index in [4.69, 9.17) is 22.4 Å². The maximum absolute atomic E-state index is 12.0. The Morgan fingerprint density at radius 3 is 2.60 bits per heavy atom. The second-order valence-corrected chi connectivity index (χ2v) is 5.20. The molecule has 0 aliphatic heterocycles. The van der Waals surface area contributed by atoms with E-state index in [1.54, 1.807) is 12.1 Å². The molecule has 1 atom stereocenters. The van der Waals surface area contributed by atoms with Crippen molar-refractivity contribution in [3.8, 4) is 0 Å². The highest BCUT2D eigenvalue weighted by Gasteiger charge is 2.22. The third-order valence-electron chi connectivity index (χ3n) is 2.48. The Morgan fingerprint density at radius 1 is 1.40 bits per heavy atom. The summed E-state index contributed by atoms with van der Waals surface area (Å²) in [7, 11) is 0. The van der Waals surface area contributed by atoms with E-state index in [1.165, 1.54) is 6.07 Å². The van der Waals surface area contributed by atoms with Gasteiger partial charge in [0.25, 0.3) is 5.91 Å². The van der Waals surface area contributed by atoms with Crippen LogP contribution in [0.1, 0.15) is 23.2 Å². The van der Waals surface area contributed by atoms with E-state index in [1.807, 2.05) is 0 Å². The Hall–Kier alpha value is -1.60. The fourth-order valence-electron chi connectivity index (χ4n) is 1.46. The van der Waals surface area contributed by atoms with Crippen molar-refractivity contribution in [2.45, 2.75) is 18.9 Å². The first-order chi connectivity index (χ1) is 9.32. The van der Waals surface area contributed by atoms with E-state index >= 15 is 0 Å². The minimum atomic E-state index is -1.24. The molecule has 2 amide bonds. The van der Waals surface area contributed by atoms with E-state index in [0.717, 1.165) is 0 Å². The number of carbonyl (C=O) groups is 3. The SMILES string of the molecule is NC(=O)CC[C@@H](NC(=O)c1cccc(Br)c1Cl)C(=O)O. The van der Waals surface area contributed by atoms with Crippen molar-refractivity contribution in [1.29, 1.82) is 0 Å². The summed E-state index contributed by atoms with van der Waals surface area (Å²) in [5.74, 6) is -2.51. The number of carboxylic acids is 1. The maximum atomic E-state index is 12.0. The number of nitrogens with two attached hydrogens (primary N) is 1. The number of aliphatic carboxylic acids is 1. The summed E-state index contributed by atoms with van der Waals surface area (Å²) in [6.45, 7) is 0. The molecular formula is C12H12BrClN2O4. The van der Waals surface area contributed by atoms with Crippen molar-refractivity contribution >= 4 is 45.3 Å². The standard InChI is InChI=1S/C12H12BrClN2O4/c13-7-3-1-2-6(10(7)14)11(18)16-8(12(19)20)4-5-9(15)17/h1-3,8H,4-5H2,(H2,15,17)(H,16,18)(H,19,20)/t8-/m1/s1. The lowest BCUT2D eigenvalue weighted by atomic mass is 10.1. The van der Waals surface area contributed by atoms with Gasteiger partial charge in [-0.1, -0.05) is 17.7 Å². The highest BCUT2D eigenvalue weighted by atomic mass is 79.9. The lowest BCUT2D eigenvalue weighted by molar-refractivity contribution is -0.139. The second-order valence-electron chi connectivity index (χ2n) is 3.97. The molecule has 0 unspecified atom stereocenters. The largest absolute Gasteiger partial charge is 0.480 e. The van der Waals surface area contributed by atoms with Gasteiger partial charge in [0.1, 0.15) is 6.04 Å². The Balaban J connectivity index is 2.83. The van der Waals surface area contributed by atoms with Gasteiger partial charge in [-0.2, -0.15) is 0 Å². The lowest BCUT2D eigenvalue weighted by Gasteiger charge is -2.14. The number of halogens is 2. The summed E-state index contributed by atoms with van der Waals surface area (Å²) in [5.41, 5.74) is 5.10. The summed E-state index contributed by atoms with van der Waals surface area (Å²) in [5, 5.41) is 11.5. The first-order valence-electron chi connectivity index (χ1n) is 5.59. The van der Waals surface area contributed by atoms with Crippen LogP contribution < -0.4 is 11.1 Å². The van der Waals surface area contributed by atoms with E-state index in [2.05, 4.69) is 21.2 Å². The number of benzene rings is 1. The first-order valence-corrected chi connectivity index (χ1v) is 6.76. The van der Waals surface area contributed by atoms with E-state index in [-0.39, 0.29) is 23.4 Å². The third-order valence-corrected chi connectivity index (χ3v) is 3.78. The quantitative estimate of drug-likeness (QED) is 0.712. The number of rotatable bonds is 6. The van der Waals surface area contributed by atoms with Gasteiger partial charge in [-0.25, -0.2) is 4.79 Å². The zero-order chi connectivity index (χ0) is 15.3. The fraction of sp³-hybridized carbons (Fsp3) is 0.250. The molecule has 0 aromatic heterocycles. The number of amides is 2. The Morgan fingerprint density at radius 2 is 2.05 bits per heavy atom. The van der Waals surface area contributed by atoms with Gasteiger partial charge in [0.15, 0.2) is 0 Å². The third kappa shape index (κ3) is 4.50. The summed E-state index contributed by atoms with van der Waals surface area (Å²) < 4.78 is 0.524. The number of carbonyl (C=O) groups excluding carboxylic acids is 2. The van der Waals surface area contributed by atoms with Crippen LogP contribution in [0.15, 0.2) is 22.7 Å². The fourth-order valence-corrected chi connectivity index (χ4v) is 2.04. The molecule has 1 rings (SSSR count). The van der Waals surface area contributed by atoms with Crippen molar-refractivity contribution in [3.05, 3.63) is 33.3 Å². The Bertz CT molecular complexity index is 550. The number of carboxylic acid groups (broad SMARTS) is 1. The zero-order valence-electron chi connectivity index (χ0n) is 10.2. The van der Waals surface area contributed by atoms with Crippen LogP contribution >= 0.6 is 27.5 Å². The van der Waals surface area contributed by atoms with Crippen LogP contribution in [-0.2, 0) is 9.59 Å². The predicted octanol–water partition coefficient (Wildman–Crippen LogP) is 1.55. The molecule has 0 saturated heterocycles. The average Bonchev–Trinajstić information content (AvgIpc) is 2.36. The van der Waals surface area contributed by atoms with Gasteiger partial charge >= 0.3 is 5.97 Å². The molecule has 0 fully saturated rings. The molecule has 1 aromatic carbocycles. The highest BCUT2D eigenvalue weighted by Crippen LogP contribution is 2.25. The molecule has 0 heterocycles. The number of hydrogen-bond donors (Lipinski definition) is 3. The van der Waals surface area contributed by atoms with Crippen LogP contribution in [-0.4, -0.2) is 28.9 Å². The predicted molar refractivity (Wildman–Crippen MR) is 76.5 cm³/mol. The molecule has 108 valence electrons. The highest BCUT2D eigenvalue weighted by molar-refractivity contribution is 9.10.